The molecular weight excluding hydrogens is 200 g/mol. The SMILES string of the molecule is CCOC(=O)C(C)=C1CCC(C(C)C)CC1. The van der Waals surface area contributed by atoms with Crippen LogP contribution in [0.2, 0.25) is 0 Å². The first-order chi connectivity index (χ1) is 7.56. The van der Waals surface area contributed by atoms with E-state index in [-0.39, 0.29) is 5.97 Å². The topological polar surface area (TPSA) is 26.3 Å². The molecule has 0 aromatic rings. The van der Waals surface area contributed by atoms with Gasteiger partial charge in [-0.3, -0.25) is 0 Å². The van der Waals surface area contributed by atoms with Crippen LogP contribution in [-0.2, 0) is 9.53 Å². The van der Waals surface area contributed by atoms with E-state index in [0.29, 0.717) is 6.61 Å². The van der Waals surface area contributed by atoms with E-state index in [2.05, 4.69) is 13.8 Å². The van der Waals surface area contributed by atoms with Crippen LogP contribution < -0.4 is 0 Å². The number of allylic oxidation sites excluding steroid dienone is 1. The van der Waals surface area contributed by atoms with Gasteiger partial charge in [0, 0.05) is 5.57 Å². The highest BCUT2D eigenvalue weighted by Crippen LogP contribution is 2.34. The summed E-state index contributed by atoms with van der Waals surface area (Å²) in [4.78, 5) is 11.6. The van der Waals surface area contributed by atoms with Gasteiger partial charge in [-0.25, -0.2) is 4.79 Å². The molecule has 1 fully saturated rings. The third-order valence-electron chi connectivity index (χ3n) is 3.69. The van der Waals surface area contributed by atoms with Gasteiger partial charge in [0.2, 0.25) is 0 Å². The summed E-state index contributed by atoms with van der Waals surface area (Å²) >= 11 is 0. The van der Waals surface area contributed by atoms with Crippen LogP contribution in [0.3, 0.4) is 0 Å². The van der Waals surface area contributed by atoms with Gasteiger partial charge in [0.25, 0.3) is 0 Å². The summed E-state index contributed by atoms with van der Waals surface area (Å²) in [6, 6.07) is 0. The van der Waals surface area contributed by atoms with E-state index >= 15 is 0 Å². The summed E-state index contributed by atoms with van der Waals surface area (Å²) in [5.74, 6) is 1.48. The van der Waals surface area contributed by atoms with Crippen molar-refractivity contribution in [3.63, 3.8) is 0 Å². The minimum Gasteiger partial charge on any atom is -0.463 e. The first-order valence-electron chi connectivity index (χ1n) is 6.42. The fourth-order valence-corrected chi connectivity index (χ4v) is 2.41. The van der Waals surface area contributed by atoms with E-state index in [1.807, 2.05) is 13.8 Å². The van der Waals surface area contributed by atoms with Gasteiger partial charge in [0.05, 0.1) is 6.61 Å². The van der Waals surface area contributed by atoms with Crippen LogP contribution in [0.4, 0.5) is 0 Å². The van der Waals surface area contributed by atoms with Crippen LogP contribution in [0.1, 0.15) is 53.4 Å². The lowest BCUT2D eigenvalue weighted by atomic mass is 9.78. The molecule has 92 valence electrons. The molecular formula is C14H24O2. The molecule has 0 N–H and O–H groups in total. The number of hydrogen-bond acceptors (Lipinski definition) is 2. The molecule has 0 aliphatic heterocycles. The van der Waals surface area contributed by atoms with Crippen LogP contribution >= 0.6 is 0 Å². The molecule has 0 amide bonds. The average molecular weight is 224 g/mol. The Balaban J connectivity index is 2.57. The van der Waals surface area contributed by atoms with Gasteiger partial charge in [-0.1, -0.05) is 19.4 Å². The lowest BCUT2D eigenvalue weighted by Crippen LogP contribution is -2.16. The number of hydrogen-bond donors (Lipinski definition) is 0. The van der Waals surface area contributed by atoms with Gasteiger partial charge in [0.1, 0.15) is 0 Å². The summed E-state index contributed by atoms with van der Waals surface area (Å²) < 4.78 is 5.03. The standard InChI is InChI=1S/C14H24O2/c1-5-16-14(15)11(4)13-8-6-12(7-9-13)10(2)3/h10,12H,5-9H2,1-4H3. The van der Waals surface area contributed by atoms with Gasteiger partial charge in [-0.05, 0) is 51.4 Å². The highest BCUT2D eigenvalue weighted by molar-refractivity contribution is 5.88. The molecule has 1 aliphatic carbocycles. The van der Waals surface area contributed by atoms with E-state index in [4.69, 9.17) is 4.74 Å². The van der Waals surface area contributed by atoms with Crippen LogP contribution in [0.15, 0.2) is 11.1 Å². The Kier molecular flexibility index (Phi) is 5.04. The van der Waals surface area contributed by atoms with E-state index < -0.39 is 0 Å². The van der Waals surface area contributed by atoms with Crippen molar-refractivity contribution in [2.75, 3.05) is 6.61 Å². The van der Waals surface area contributed by atoms with E-state index in [0.717, 1.165) is 30.3 Å². The smallest absolute Gasteiger partial charge is 0.333 e. The zero-order valence-corrected chi connectivity index (χ0v) is 11.0. The molecule has 0 heterocycles. The second-order valence-corrected chi connectivity index (χ2v) is 5.03. The molecule has 0 atom stereocenters. The zero-order valence-electron chi connectivity index (χ0n) is 11.0. The minimum atomic E-state index is -0.125. The normalized spacial score (nSPS) is 21.1. The van der Waals surface area contributed by atoms with Crippen molar-refractivity contribution in [2.24, 2.45) is 11.8 Å². The molecule has 0 bridgehead atoms. The van der Waals surface area contributed by atoms with Crippen LogP contribution in [-0.4, -0.2) is 12.6 Å². The van der Waals surface area contributed by atoms with Gasteiger partial charge >= 0.3 is 5.97 Å². The van der Waals surface area contributed by atoms with Crippen molar-refractivity contribution in [3.8, 4) is 0 Å². The minimum absolute atomic E-state index is 0.125. The van der Waals surface area contributed by atoms with E-state index in [1.54, 1.807) is 0 Å². The molecule has 1 saturated carbocycles. The molecule has 1 aliphatic rings. The number of rotatable bonds is 3. The monoisotopic (exact) mass is 224 g/mol. The maximum absolute atomic E-state index is 11.6. The highest BCUT2D eigenvalue weighted by atomic mass is 16.5. The van der Waals surface area contributed by atoms with Crippen molar-refractivity contribution in [2.45, 2.75) is 53.4 Å². The van der Waals surface area contributed by atoms with Gasteiger partial charge in [-0.15, -0.1) is 0 Å². The van der Waals surface area contributed by atoms with E-state index in [1.165, 1.54) is 18.4 Å². The Morgan fingerprint density at radius 2 is 1.94 bits per heavy atom. The zero-order chi connectivity index (χ0) is 12.1. The Hall–Kier alpha value is -0.790. The summed E-state index contributed by atoms with van der Waals surface area (Å²) in [5, 5.41) is 0. The Labute approximate surface area is 99.1 Å². The van der Waals surface area contributed by atoms with Crippen molar-refractivity contribution in [3.05, 3.63) is 11.1 Å². The maximum Gasteiger partial charge on any atom is 0.333 e. The van der Waals surface area contributed by atoms with Crippen molar-refractivity contribution in [1.29, 1.82) is 0 Å². The van der Waals surface area contributed by atoms with Crippen molar-refractivity contribution >= 4 is 5.97 Å². The van der Waals surface area contributed by atoms with E-state index in [9.17, 15) is 4.79 Å². The van der Waals surface area contributed by atoms with Crippen LogP contribution in [0.5, 0.6) is 0 Å². The molecule has 0 aromatic heterocycles. The highest BCUT2D eigenvalue weighted by Gasteiger charge is 2.22. The third-order valence-corrected chi connectivity index (χ3v) is 3.69. The van der Waals surface area contributed by atoms with Crippen molar-refractivity contribution < 1.29 is 9.53 Å². The quantitative estimate of drug-likeness (QED) is 0.539. The number of ether oxygens (including phenoxy) is 1. The predicted octanol–water partition coefficient (Wildman–Crippen LogP) is 3.71. The lowest BCUT2D eigenvalue weighted by molar-refractivity contribution is -0.138. The van der Waals surface area contributed by atoms with Crippen LogP contribution in [0, 0.1) is 11.8 Å². The first kappa shape index (κ1) is 13.3. The van der Waals surface area contributed by atoms with Gasteiger partial charge in [-0.2, -0.15) is 0 Å². The van der Waals surface area contributed by atoms with Crippen LogP contribution in [0.25, 0.3) is 0 Å². The second kappa shape index (κ2) is 6.07. The number of carbonyl (C=O) groups excluding carboxylic acids is 1. The molecule has 1 rings (SSSR count). The number of carbonyl (C=O) groups is 1. The molecule has 0 saturated heterocycles. The second-order valence-electron chi connectivity index (χ2n) is 5.03. The molecule has 16 heavy (non-hydrogen) atoms. The number of esters is 1. The molecule has 0 aromatic carbocycles. The lowest BCUT2D eigenvalue weighted by Gasteiger charge is -2.27. The average Bonchev–Trinajstić information content (AvgIpc) is 2.28. The Morgan fingerprint density at radius 3 is 2.38 bits per heavy atom. The molecule has 0 spiro atoms. The molecule has 2 nitrogen and oxygen atoms in total. The van der Waals surface area contributed by atoms with Gasteiger partial charge in [0.15, 0.2) is 0 Å². The Morgan fingerprint density at radius 1 is 1.38 bits per heavy atom. The maximum atomic E-state index is 11.6. The Bertz CT molecular complexity index is 266. The summed E-state index contributed by atoms with van der Waals surface area (Å²) in [6.07, 6.45) is 4.61. The predicted molar refractivity (Wildman–Crippen MR) is 66.1 cm³/mol. The molecule has 0 radical (unpaired) electrons. The third kappa shape index (κ3) is 3.36. The summed E-state index contributed by atoms with van der Waals surface area (Å²) in [6.45, 7) is 8.81. The molecule has 2 heteroatoms. The largest absolute Gasteiger partial charge is 0.463 e. The van der Waals surface area contributed by atoms with Crippen molar-refractivity contribution in [1.82, 2.24) is 0 Å². The fourth-order valence-electron chi connectivity index (χ4n) is 2.41. The fraction of sp³-hybridized carbons (Fsp3) is 0.786. The van der Waals surface area contributed by atoms with Gasteiger partial charge < -0.3 is 4.74 Å². The summed E-state index contributed by atoms with van der Waals surface area (Å²) in [5.41, 5.74) is 2.17. The molecule has 0 unspecified atom stereocenters. The first-order valence-corrected chi connectivity index (χ1v) is 6.42. The summed E-state index contributed by atoms with van der Waals surface area (Å²) in [7, 11) is 0.